The number of rotatable bonds is 2. The summed E-state index contributed by atoms with van der Waals surface area (Å²) in [7, 11) is 1.72. The van der Waals surface area contributed by atoms with Crippen LogP contribution in [0.5, 0.6) is 0 Å². The number of nitrogens with zero attached hydrogens (tertiary/aromatic N) is 4. The minimum absolute atomic E-state index is 0.465. The Balaban J connectivity index is 2.41. The van der Waals surface area contributed by atoms with Crippen LogP contribution < -0.4 is 5.01 Å². The van der Waals surface area contributed by atoms with E-state index < -0.39 is 6.17 Å². The number of carbonyl (C=O) groups excluding carboxylic acids is 1. The van der Waals surface area contributed by atoms with Gasteiger partial charge >= 0.3 is 0 Å². The molecule has 0 spiro atoms. The Kier molecular flexibility index (Phi) is 2.91. The van der Waals surface area contributed by atoms with Crippen LogP contribution in [0.4, 0.5) is 5.69 Å². The molecule has 16 heavy (non-hydrogen) atoms. The highest BCUT2D eigenvalue weighted by Gasteiger charge is 2.28. The first-order chi connectivity index (χ1) is 7.65. The van der Waals surface area contributed by atoms with Crippen molar-refractivity contribution in [1.29, 1.82) is 0 Å². The highest BCUT2D eigenvalue weighted by Crippen LogP contribution is 2.30. The Morgan fingerprint density at radius 2 is 2.19 bits per heavy atom. The second kappa shape index (κ2) is 4.21. The van der Waals surface area contributed by atoms with Crippen molar-refractivity contribution in [2.24, 2.45) is 10.4 Å². The highest BCUT2D eigenvalue weighted by atomic mass is 79.9. The van der Waals surface area contributed by atoms with Gasteiger partial charge in [-0.1, -0.05) is 27.2 Å². The van der Waals surface area contributed by atoms with E-state index in [1.165, 1.54) is 5.01 Å². The van der Waals surface area contributed by atoms with Crippen LogP contribution in [0.25, 0.3) is 0 Å². The molecule has 84 valence electrons. The fraction of sp³-hybridized carbons (Fsp3) is 0.300. The second-order valence-electron chi connectivity index (χ2n) is 3.53. The van der Waals surface area contributed by atoms with Gasteiger partial charge in [-0.15, -0.1) is 0 Å². The molecule has 0 amide bonds. The van der Waals surface area contributed by atoms with Gasteiger partial charge in [-0.05, 0) is 29.8 Å². The molecule has 0 N–H and O–H groups in total. The third kappa shape index (κ3) is 1.69. The molecule has 1 aromatic carbocycles. The van der Waals surface area contributed by atoms with Gasteiger partial charge in [0.15, 0.2) is 12.5 Å². The molecule has 1 aliphatic heterocycles. The van der Waals surface area contributed by atoms with Crippen LogP contribution in [0.3, 0.4) is 0 Å². The molecule has 1 unspecified atom stereocenters. The van der Waals surface area contributed by atoms with Crippen molar-refractivity contribution >= 4 is 27.9 Å². The van der Waals surface area contributed by atoms with E-state index >= 15 is 0 Å². The van der Waals surface area contributed by atoms with Crippen molar-refractivity contribution in [3.05, 3.63) is 28.2 Å². The lowest BCUT2D eigenvalue weighted by molar-refractivity contribution is -0.111. The molecule has 0 saturated carbocycles. The quantitative estimate of drug-likeness (QED) is 0.782. The van der Waals surface area contributed by atoms with Crippen molar-refractivity contribution in [2.45, 2.75) is 13.1 Å². The third-order valence-corrected chi connectivity index (χ3v) is 3.38. The first kappa shape index (κ1) is 11.1. The van der Waals surface area contributed by atoms with Gasteiger partial charge in [0.25, 0.3) is 0 Å². The standard InChI is InChI=1S/C10H11BrN4O/c1-7-8(11)4-3-5-9(7)15-10(6-16)14(2)12-13-15/h3-6,10H,1-2H3. The fourth-order valence-corrected chi connectivity index (χ4v) is 1.91. The summed E-state index contributed by atoms with van der Waals surface area (Å²) in [6.45, 7) is 1.97. The van der Waals surface area contributed by atoms with Crippen LogP contribution in [-0.4, -0.2) is 24.5 Å². The van der Waals surface area contributed by atoms with Crippen LogP contribution in [-0.2, 0) is 4.79 Å². The van der Waals surface area contributed by atoms with Crippen LogP contribution in [0.1, 0.15) is 5.56 Å². The number of hydrogen-bond acceptors (Lipinski definition) is 5. The van der Waals surface area contributed by atoms with E-state index in [2.05, 4.69) is 26.4 Å². The number of halogens is 1. The number of carbonyl (C=O) groups is 1. The zero-order valence-corrected chi connectivity index (χ0v) is 10.5. The van der Waals surface area contributed by atoms with Gasteiger partial charge in [0, 0.05) is 11.5 Å². The van der Waals surface area contributed by atoms with Crippen LogP contribution in [0.2, 0.25) is 0 Å². The number of aldehydes is 1. The van der Waals surface area contributed by atoms with Gasteiger partial charge in [0.2, 0.25) is 0 Å². The van der Waals surface area contributed by atoms with Gasteiger partial charge in [-0.3, -0.25) is 4.79 Å². The van der Waals surface area contributed by atoms with E-state index in [9.17, 15) is 4.79 Å². The number of hydrogen-bond donors (Lipinski definition) is 0. The van der Waals surface area contributed by atoms with Crippen molar-refractivity contribution in [3.8, 4) is 0 Å². The molecular weight excluding hydrogens is 272 g/mol. The molecule has 1 heterocycles. The van der Waals surface area contributed by atoms with Gasteiger partial charge in [0.05, 0.1) is 5.69 Å². The molecule has 1 atom stereocenters. The third-order valence-electron chi connectivity index (χ3n) is 2.52. The van der Waals surface area contributed by atoms with E-state index in [1.807, 2.05) is 25.1 Å². The Hall–Kier alpha value is -1.43. The molecule has 0 aromatic heterocycles. The molecule has 0 fully saturated rings. The second-order valence-corrected chi connectivity index (χ2v) is 4.39. The van der Waals surface area contributed by atoms with Gasteiger partial charge in [-0.2, -0.15) is 0 Å². The first-order valence-corrected chi connectivity index (χ1v) is 5.58. The van der Waals surface area contributed by atoms with Crippen molar-refractivity contribution in [2.75, 3.05) is 12.1 Å². The fourth-order valence-electron chi connectivity index (χ4n) is 1.55. The zero-order valence-electron chi connectivity index (χ0n) is 8.96. The first-order valence-electron chi connectivity index (χ1n) is 4.79. The zero-order chi connectivity index (χ0) is 11.7. The number of benzene rings is 1. The predicted molar refractivity (Wildman–Crippen MR) is 63.8 cm³/mol. The minimum Gasteiger partial charge on any atom is -0.299 e. The normalized spacial score (nSPS) is 19.3. The summed E-state index contributed by atoms with van der Waals surface area (Å²) < 4.78 is 0.986. The number of likely N-dealkylation sites (N-methyl/N-ethyl adjacent to an activating group) is 1. The van der Waals surface area contributed by atoms with Gasteiger partial charge in [-0.25, -0.2) is 10.0 Å². The summed E-state index contributed by atoms with van der Waals surface area (Å²) in [6.07, 6.45) is 0.355. The van der Waals surface area contributed by atoms with Gasteiger partial charge < -0.3 is 0 Å². The molecular formula is C10H11BrN4O. The van der Waals surface area contributed by atoms with Crippen LogP contribution in [0.15, 0.2) is 33.1 Å². The summed E-state index contributed by atoms with van der Waals surface area (Å²) in [5.41, 5.74) is 1.91. The largest absolute Gasteiger partial charge is 0.299 e. The lowest BCUT2D eigenvalue weighted by Crippen LogP contribution is -2.38. The molecule has 6 heteroatoms. The average molecular weight is 283 g/mol. The van der Waals surface area contributed by atoms with E-state index in [0.29, 0.717) is 0 Å². The summed E-state index contributed by atoms with van der Waals surface area (Å²) in [5, 5.41) is 11.0. The van der Waals surface area contributed by atoms with E-state index in [4.69, 9.17) is 0 Å². The van der Waals surface area contributed by atoms with Crippen LogP contribution >= 0.6 is 15.9 Å². The highest BCUT2D eigenvalue weighted by molar-refractivity contribution is 9.10. The molecule has 1 aliphatic rings. The topological polar surface area (TPSA) is 48.3 Å². The van der Waals surface area contributed by atoms with Crippen molar-refractivity contribution in [3.63, 3.8) is 0 Å². The van der Waals surface area contributed by atoms with Crippen LogP contribution in [0, 0.1) is 6.92 Å². The summed E-state index contributed by atoms with van der Waals surface area (Å²) >= 11 is 3.45. The van der Waals surface area contributed by atoms with E-state index in [0.717, 1.165) is 22.0 Å². The van der Waals surface area contributed by atoms with Crippen molar-refractivity contribution in [1.82, 2.24) is 5.01 Å². The van der Waals surface area contributed by atoms with Gasteiger partial charge in [0.1, 0.15) is 0 Å². The maximum Gasteiger partial charge on any atom is 0.197 e. The molecule has 0 radical (unpaired) electrons. The van der Waals surface area contributed by atoms with E-state index in [-0.39, 0.29) is 0 Å². The maximum atomic E-state index is 11.0. The predicted octanol–water partition coefficient (Wildman–Crippen LogP) is 2.32. The lowest BCUT2D eigenvalue weighted by atomic mass is 10.2. The maximum absolute atomic E-state index is 11.0. The summed E-state index contributed by atoms with van der Waals surface area (Å²) in [6, 6.07) is 5.77. The smallest absolute Gasteiger partial charge is 0.197 e. The lowest BCUT2D eigenvalue weighted by Gasteiger charge is -2.22. The Morgan fingerprint density at radius 3 is 2.88 bits per heavy atom. The van der Waals surface area contributed by atoms with E-state index in [1.54, 1.807) is 12.1 Å². The summed E-state index contributed by atoms with van der Waals surface area (Å²) in [5.74, 6) is 0. The molecule has 0 bridgehead atoms. The molecule has 0 aliphatic carbocycles. The molecule has 5 nitrogen and oxygen atoms in total. The molecule has 1 aromatic rings. The monoisotopic (exact) mass is 282 g/mol. The Bertz CT molecular complexity index is 448. The van der Waals surface area contributed by atoms with Crippen molar-refractivity contribution < 1.29 is 4.79 Å². The molecule has 2 rings (SSSR count). The molecule has 0 saturated heterocycles. The summed E-state index contributed by atoms with van der Waals surface area (Å²) in [4.78, 5) is 11.0. The SMILES string of the molecule is Cc1c(Br)cccc1N1N=NN(C)C1C=O. The average Bonchev–Trinajstić information content (AvgIpc) is 2.63. The Labute approximate surface area is 102 Å². The number of anilines is 1. The Morgan fingerprint density at radius 1 is 1.44 bits per heavy atom. The minimum atomic E-state index is -0.465.